The number of carbonyl (C=O) groups is 1. The van der Waals surface area contributed by atoms with E-state index < -0.39 is 21.8 Å². The maximum Gasteiger partial charge on any atom is 0.294 e. The lowest BCUT2D eigenvalue weighted by molar-refractivity contribution is 0.102. The standard InChI is InChI=1S/C27H23Cl2N3O6S/c1-3-20-23(29)13-18(14-24(20)39(35,36)37)31-32-25-21-8-6-5-7-15(21)9-22(26(25)33)27(34)30-17-10-16(28)11-19(12-17)38-4-2/h5-14,33H,3-4H2,1-2H3,(H,30,34)(H,35,36,37). The zero-order valence-corrected chi connectivity index (χ0v) is 23.1. The number of benzene rings is 4. The third kappa shape index (κ3) is 6.31. The first kappa shape index (κ1) is 28.3. The number of hydrogen-bond acceptors (Lipinski definition) is 7. The molecule has 4 aromatic carbocycles. The summed E-state index contributed by atoms with van der Waals surface area (Å²) in [5.74, 6) is -0.619. The van der Waals surface area contributed by atoms with E-state index in [4.69, 9.17) is 27.9 Å². The maximum atomic E-state index is 13.2. The van der Waals surface area contributed by atoms with E-state index in [1.165, 1.54) is 18.2 Å². The number of fused-ring (bicyclic) bond motifs is 1. The Hall–Kier alpha value is -3.70. The summed E-state index contributed by atoms with van der Waals surface area (Å²) < 4.78 is 38.9. The minimum Gasteiger partial charge on any atom is -0.505 e. The van der Waals surface area contributed by atoms with E-state index >= 15 is 0 Å². The number of phenols is 1. The molecule has 0 aromatic heterocycles. The van der Waals surface area contributed by atoms with Gasteiger partial charge < -0.3 is 15.2 Å². The molecular weight excluding hydrogens is 565 g/mol. The zero-order chi connectivity index (χ0) is 28.3. The first-order valence-corrected chi connectivity index (χ1v) is 13.9. The van der Waals surface area contributed by atoms with E-state index in [0.29, 0.717) is 33.8 Å². The SMILES string of the molecule is CCOc1cc(Cl)cc(NC(=O)c2cc3ccccc3c(N=Nc3cc(Cl)c(CC)c(S(=O)(=O)O)c3)c2O)c1. The van der Waals surface area contributed by atoms with E-state index in [-0.39, 0.29) is 38.8 Å². The molecule has 0 heterocycles. The number of nitrogens with one attached hydrogen (secondary N) is 1. The van der Waals surface area contributed by atoms with Crippen LogP contribution in [0.3, 0.4) is 0 Å². The smallest absolute Gasteiger partial charge is 0.294 e. The van der Waals surface area contributed by atoms with Crippen LogP contribution >= 0.6 is 23.2 Å². The number of azo groups is 1. The molecule has 3 N–H and O–H groups in total. The van der Waals surface area contributed by atoms with E-state index in [1.807, 2.05) is 6.92 Å². The van der Waals surface area contributed by atoms with Gasteiger partial charge in [-0.1, -0.05) is 54.4 Å². The van der Waals surface area contributed by atoms with Crippen molar-refractivity contribution in [3.8, 4) is 11.5 Å². The molecule has 0 aliphatic rings. The molecule has 12 heteroatoms. The summed E-state index contributed by atoms with van der Waals surface area (Å²) in [6.45, 7) is 3.92. The second kappa shape index (κ2) is 11.6. The summed E-state index contributed by atoms with van der Waals surface area (Å²) in [7, 11) is -4.58. The van der Waals surface area contributed by atoms with Gasteiger partial charge in [0.2, 0.25) is 0 Å². The number of nitrogens with zero attached hydrogens (tertiary/aromatic N) is 2. The first-order chi connectivity index (χ1) is 18.5. The number of anilines is 1. The summed E-state index contributed by atoms with van der Waals surface area (Å²) in [6.07, 6.45) is 0.257. The normalized spacial score (nSPS) is 11.7. The van der Waals surface area contributed by atoms with Crippen LogP contribution in [0.25, 0.3) is 10.8 Å². The number of hydrogen-bond donors (Lipinski definition) is 3. The Kier molecular flexibility index (Phi) is 8.41. The quantitative estimate of drug-likeness (QED) is 0.142. The van der Waals surface area contributed by atoms with Crippen molar-refractivity contribution in [2.75, 3.05) is 11.9 Å². The van der Waals surface area contributed by atoms with Gasteiger partial charge in [0.1, 0.15) is 16.3 Å². The topological polar surface area (TPSA) is 138 Å². The minimum atomic E-state index is -4.58. The highest BCUT2D eigenvalue weighted by Gasteiger charge is 2.21. The van der Waals surface area contributed by atoms with Gasteiger partial charge in [-0.3, -0.25) is 9.35 Å². The Labute approximate surface area is 234 Å². The third-order valence-electron chi connectivity index (χ3n) is 5.72. The van der Waals surface area contributed by atoms with E-state index in [9.17, 15) is 22.9 Å². The van der Waals surface area contributed by atoms with Crippen LogP contribution in [-0.4, -0.2) is 30.6 Å². The van der Waals surface area contributed by atoms with Gasteiger partial charge in [-0.05, 0) is 54.6 Å². The van der Waals surface area contributed by atoms with Gasteiger partial charge in [-0.25, -0.2) is 0 Å². The highest BCUT2D eigenvalue weighted by Crippen LogP contribution is 2.40. The van der Waals surface area contributed by atoms with E-state index in [2.05, 4.69) is 15.5 Å². The van der Waals surface area contributed by atoms with Crippen molar-refractivity contribution in [1.82, 2.24) is 0 Å². The van der Waals surface area contributed by atoms with Crippen molar-refractivity contribution in [3.05, 3.63) is 81.8 Å². The molecule has 0 atom stereocenters. The molecule has 0 aliphatic carbocycles. The Morgan fingerprint density at radius 3 is 2.46 bits per heavy atom. The Morgan fingerprint density at radius 1 is 1.03 bits per heavy atom. The van der Waals surface area contributed by atoms with Crippen LogP contribution in [0.5, 0.6) is 11.5 Å². The molecule has 0 fully saturated rings. The monoisotopic (exact) mass is 587 g/mol. The van der Waals surface area contributed by atoms with Crippen molar-refractivity contribution in [3.63, 3.8) is 0 Å². The van der Waals surface area contributed by atoms with Crippen molar-refractivity contribution >= 4 is 67.1 Å². The molecule has 4 rings (SSSR count). The predicted octanol–water partition coefficient (Wildman–Crippen LogP) is 7.73. The second-order valence-corrected chi connectivity index (χ2v) is 10.6. The lowest BCUT2D eigenvalue weighted by Crippen LogP contribution is -2.12. The minimum absolute atomic E-state index is 0.0190. The van der Waals surface area contributed by atoms with Gasteiger partial charge in [0.05, 0.1) is 17.9 Å². The van der Waals surface area contributed by atoms with E-state index in [0.717, 1.165) is 6.07 Å². The molecule has 0 saturated heterocycles. The molecule has 1 amide bonds. The van der Waals surface area contributed by atoms with Gasteiger partial charge in [-0.15, -0.1) is 5.11 Å². The molecule has 0 radical (unpaired) electrons. The molecule has 0 unspecified atom stereocenters. The number of rotatable bonds is 8. The molecular formula is C27H23Cl2N3O6S. The predicted molar refractivity (Wildman–Crippen MR) is 151 cm³/mol. The average molecular weight is 588 g/mol. The van der Waals surface area contributed by atoms with Gasteiger partial charge in [-0.2, -0.15) is 13.5 Å². The third-order valence-corrected chi connectivity index (χ3v) is 7.19. The van der Waals surface area contributed by atoms with Crippen molar-refractivity contribution < 1.29 is 27.6 Å². The van der Waals surface area contributed by atoms with Crippen LogP contribution in [0, 0.1) is 0 Å². The van der Waals surface area contributed by atoms with Crippen LogP contribution in [0.4, 0.5) is 17.1 Å². The van der Waals surface area contributed by atoms with Crippen molar-refractivity contribution in [2.45, 2.75) is 25.2 Å². The Bertz CT molecular complexity index is 1720. The number of ether oxygens (including phenoxy) is 1. The molecule has 0 spiro atoms. The van der Waals surface area contributed by atoms with Gasteiger partial charge in [0.25, 0.3) is 16.0 Å². The second-order valence-electron chi connectivity index (χ2n) is 8.34. The van der Waals surface area contributed by atoms with Gasteiger partial charge >= 0.3 is 0 Å². The Balaban J connectivity index is 1.78. The number of halogens is 2. The first-order valence-electron chi connectivity index (χ1n) is 11.7. The van der Waals surface area contributed by atoms with Crippen molar-refractivity contribution in [2.24, 2.45) is 10.2 Å². The van der Waals surface area contributed by atoms with Crippen LogP contribution in [0.2, 0.25) is 10.0 Å². The summed E-state index contributed by atoms with van der Waals surface area (Å²) in [6, 6.07) is 15.7. The highest BCUT2D eigenvalue weighted by atomic mass is 35.5. The number of aromatic hydroxyl groups is 1. The molecule has 9 nitrogen and oxygen atoms in total. The number of amides is 1. The summed E-state index contributed by atoms with van der Waals surface area (Å²) in [4.78, 5) is 12.8. The van der Waals surface area contributed by atoms with Gasteiger partial charge in [0.15, 0.2) is 5.75 Å². The molecule has 0 saturated carbocycles. The summed E-state index contributed by atoms with van der Waals surface area (Å²) in [5, 5.41) is 23.5. The maximum absolute atomic E-state index is 13.2. The fourth-order valence-electron chi connectivity index (χ4n) is 4.01. The Morgan fingerprint density at radius 2 is 1.77 bits per heavy atom. The fourth-order valence-corrected chi connectivity index (χ4v) is 5.48. The molecule has 0 bridgehead atoms. The molecule has 39 heavy (non-hydrogen) atoms. The number of phenolic OH excluding ortho intramolecular Hbond substituents is 1. The van der Waals surface area contributed by atoms with Gasteiger partial charge in [0, 0.05) is 27.2 Å². The lowest BCUT2D eigenvalue weighted by atomic mass is 10.0. The zero-order valence-electron chi connectivity index (χ0n) is 20.8. The fraction of sp³-hybridized carbons (Fsp3) is 0.148. The van der Waals surface area contributed by atoms with Crippen molar-refractivity contribution in [1.29, 1.82) is 0 Å². The largest absolute Gasteiger partial charge is 0.505 e. The van der Waals surface area contributed by atoms with Crippen LogP contribution in [0.15, 0.2) is 75.8 Å². The highest BCUT2D eigenvalue weighted by molar-refractivity contribution is 7.85. The van der Waals surface area contributed by atoms with Crippen LogP contribution < -0.4 is 10.1 Å². The van der Waals surface area contributed by atoms with E-state index in [1.54, 1.807) is 43.3 Å². The number of carbonyl (C=O) groups excluding carboxylic acids is 1. The van der Waals surface area contributed by atoms with Crippen LogP contribution in [0.1, 0.15) is 29.8 Å². The average Bonchev–Trinajstić information content (AvgIpc) is 2.86. The van der Waals surface area contributed by atoms with Crippen LogP contribution in [-0.2, 0) is 16.5 Å². The molecule has 202 valence electrons. The molecule has 0 aliphatic heterocycles. The summed E-state index contributed by atoms with van der Waals surface area (Å²) in [5.41, 5.74) is 0.501. The lowest BCUT2D eigenvalue weighted by Gasteiger charge is -2.12. The molecule has 4 aromatic rings. The summed E-state index contributed by atoms with van der Waals surface area (Å²) >= 11 is 12.4.